The second-order valence-corrected chi connectivity index (χ2v) is 8.20. The molecule has 1 fully saturated rings. The Bertz CT molecular complexity index is 477. The third-order valence-electron chi connectivity index (χ3n) is 5.37. The average Bonchev–Trinajstić information content (AvgIpc) is 2.46. The van der Waals surface area contributed by atoms with Crippen molar-refractivity contribution in [3.05, 3.63) is 34.9 Å². The molecule has 1 heterocycles. The molecule has 1 atom stereocenters. The fourth-order valence-corrected chi connectivity index (χ4v) is 3.96. The molecule has 0 amide bonds. The van der Waals surface area contributed by atoms with Crippen LogP contribution in [0.4, 0.5) is 0 Å². The number of nitrogens with zero attached hydrogens (tertiary/aromatic N) is 1. The Morgan fingerprint density at radius 3 is 2.52 bits per heavy atom. The first-order chi connectivity index (χ1) is 10.0. The molecule has 0 bridgehead atoms. The van der Waals surface area contributed by atoms with Gasteiger partial charge in [0.05, 0.1) is 0 Å². The van der Waals surface area contributed by atoms with Crippen LogP contribution in [-0.4, -0.2) is 24.5 Å². The molecule has 1 aliphatic heterocycles. The highest BCUT2D eigenvalue weighted by Crippen LogP contribution is 2.31. The largest absolute Gasteiger partial charge is 0.303 e. The minimum Gasteiger partial charge on any atom is -0.303 e. The van der Waals surface area contributed by atoms with Crippen LogP contribution in [0, 0.1) is 5.92 Å². The Kier molecular flexibility index (Phi) is 4.40. The van der Waals surface area contributed by atoms with Crippen LogP contribution in [0.25, 0.3) is 0 Å². The van der Waals surface area contributed by atoms with Gasteiger partial charge >= 0.3 is 0 Å². The van der Waals surface area contributed by atoms with E-state index < -0.39 is 0 Å². The highest BCUT2D eigenvalue weighted by molar-refractivity contribution is 5.37. The van der Waals surface area contributed by atoms with E-state index in [0.29, 0.717) is 0 Å². The van der Waals surface area contributed by atoms with Crippen molar-refractivity contribution in [1.29, 1.82) is 0 Å². The van der Waals surface area contributed by atoms with Crippen molar-refractivity contribution in [3.8, 4) is 0 Å². The zero-order valence-electron chi connectivity index (χ0n) is 14.1. The average molecular weight is 285 g/mol. The molecule has 0 N–H and O–H groups in total. The smallest absolute Gasteiger partial charge is 0.00130 e. The van der Waals surface area contributed by atoms with E-state index in [9.17, 15) is 0 Å². The van der Waals surface area contributed by atoms with Crippen LogP contribution in [-0.2, 0) is 18.3 Å². The molecule has 0 spiro atoms. The molecule has 1 aliphatic carbocycles. The van der Waals surface area contributed by atoms with Crippen LogP contribution in [0.1, 0.15) is 63.1 Å². The Hall–Kier alpha value is -0.820. The molecule has 1 aromatic rings. The van der Waals surface area contributed by atoms with Crippen LogP contribution in [0.15, 0.2) is 18.2 Å². The number of likely N-dealkylation sites (tertiary alicyclic amines) is 1. The normalized spacial score (nSPS) is 23.9. The molecule has 1 saturated heterocycles. The molecule has 1 unspecified atom stereocenters. The number of fused-ring (bicyclic) bond motifs is 1. The van der Waals surface area contributed by atoms with Gasteiger partial charge in [0.15, 0.2) is 0 Å². The lowest BCUT2D eigenvalue weighted by Crippen LogP contribution is -2.36. The third kappa shape index (κ3) is 3.69. The lowest BCUT2D eigenvalue weighted by atomic mass is 9.79. The third-order valence-corrected chi connectivity index (χ3v) is 5.37. The van der Waals surface area contributed by atoms with Gasteiger partial charge in [0.2, 0.25) is 0 Å². The number of benzene rings is 1. The van der Waals surface area contributed by atoms with Gasteiger partial charge in [-0.25, -0.2) is 0 Å². The molecule has 116 valence electrons. The lowest BCUT2D eigenvalue weighted by Gasteiger charge is -2.33. The second kappa shape index (κ2) is 6.12. The Morgan fingerprint density at radius 1 is 1.05 bits per heavy atom. The minimum absolute atomic E-state index is 0.273. The summed E-state index contributed by atoms with van der Waals surface area (Å²) in [6.07, 6.45) is 8.25. The van der Waals surface area contributed by atoms with Crippen LogP contribution < -0.4 is 0 Å². The molecule has 0 saturated carbocycles. The van der Waals surface area contributed by atoms with E-state index in [1.165, 1.54) is 63.7 Å². The van der Waals surface area contributed by atoms with Gasteiger partial charge in [-0.2, -0.15) is 0 Å². The Labute approximate surface area is 130 Å². The maximum absolute atomic E-state index is 2.72. The van der Waals surface area contributed by atoms with Gasteiger partial charge in [-0.05, 0) is 73.2 Å². The number of piperidine rings is 1. The standard InChI is InChI=1S/C20H31N/c1-20(2,3)19-10-9-17-8-7-16(13-18(17)14-19)15-21-11-5-4-6-12-21/h9-10,14,16H,4-8,11-13,15H2,1-3H3. The van der Waals surface area contributed by atoms with Crippen molar-refractivity contribution in [2.75, 3.05) is 19.6 Å². The van der Waals surface area contributed by atoms with Gasteiger partial charge < -0.3 is 4.90 Å². The summed E-state index contributed by atoms with van der Waals surface area (Å²) in [5, 5.41) is 0. The van der Waals surface area contributed by atoms with Crippen molar-refractivity contribution in [1.82, 2.24) is 4.90 Å². The van der Waals surface area contributed by atoms with Gasteiger partial charge in [0, 0.05) is 6.54 Å². The summed E-state index contributed by atoms with van der Waals surface area (Å²) >= 11 is 0. The SMILES string of the molecule is CC(C)(C)c1ccc2c(c1)CC(CN1CCCCC1)CC2. The molecule has 0 aromatic heterocycles. The van der Waals surface area contributed by atoms with E-state index >= 15 is 0 Å². The maximum Gasteiger partial charge on any atom is 0.00130 e. The van der Waals surface area contributed by atoms with E-state index in [1.54, 1.807) is 11.1 Å². The minimum atomic E-state index is 0.273. The van der Waals surface area contributed by atoms with Crippen molar-refractivity contribution in [2.45, 2.75) is 64.7 Å². The van der Waals surface area contributed by atoms with Gasteiger partial charge in [-0.1, -0.05) is 45.4 Å². The van der Waals surface area contributed by atoms with Gasteiger partial charge in [0.25, 0.3) is 0 Å². The zero-order chi connectivity index (χ0) is 14.9. The molecular weight excluding hydrogens is 254 g/mol. The summed E-state index contributed by atoms with van der Waals surface area (Å²) in [5.41, 5.74) is 5.02. The molecule has 3 rings (SSSR count). The zero-order valence-corrected chi connectivity index (χ0v) is 14.1. The maximum atomic E-state index is 2.72. The molecular formula is C20H31N. The van der Waals surface area contributed by atoms with Gasteiger partial charge in [-0.15, -0.1) is 0 Å². The summed E-state index contributed by atoms with van der Waals surface area (Å²) in [4.78, 5) is 2.72. The predicted molar refractivity (Wildman–Crippen MR) is 90.9 cm³/mol. The molecule has 21 heavy (non-hydrogen) atoms. The fraction of sp³-hybridized carbons (Fsp3) is 0.700. The van der Waals surface area contributed by atoms with Crippen molar-refractivity contribution >= 4 is 0 Å². The van der Waals surface area contributed by atoms with E-state index in [4.69, 9.17) is 0 Å². The van der Waals surface area contributed by atoms with Crippen molar-refractivity contribution in [3.63, 3.8) is 0 Å². The van der Waals surface area contributed by atoms with E-state index in [-0.39, 0.29) is 5.41 Å². The van der Waals surface area contributed by atoms with Crippen molar-refractivity contribution in [2.24, 2.45) is 5.92 Å². The number of rotatable bonds is 2. The molecule has 1 heteroatoms. The number of aryl methyl sites for hydroxylation is 1. The second-order valence-electron chi connectivity index (χ2n) is 8.20. The molecule has 2 aliphatic rings. The van der Waals surface area contributed by atoms with Crippen molar-refractivity contribution < 1.29 is 0 Å². The van der Waals surface area contributed by atoms with E-state index in [1.807, 2.05) is 0 Å². The fourth-order valence-electron chi connectivity index (χ4n) is 3.96. The van der Waals surface area contributed by atoms with Crippen LogP contribution in [0.5, 0.6) is 0 Å². The van der Waals surface area contributed by atoms with Crippen LogP contribution in [0.3, 0.4) is 0 Å². The van der Waals surface area contributed by atoms with Crippen LogP contribution in [0.2, 0.25) is 0 Å². The number of hydrogen-bond acceptors (Lipinski definition) is 1. The monoisotopic (exact) mass is 285 g/mol. The van der Waals surface area contributed by atoms with Gasteiger partial charge in [-0.3, -0.25) is 0 Å². The first kappa shape index (κ1) is 15.1. The van der Waals surface area contributed by atoms with Crippen LogP contribution >= 0.6 is 0 Å². The molecule has 1 nitrogen and oxygen atoms in total. The summed E-state index contributed by atoms with van der Waals surface area (Å²) in [7, 11) is 0. The van der Waals surface area contributed by atoms with Gasteiger partial charge in [0.1, 0.15) is 0 Å². The summed E-state index contributed by atoms with van der Waals surface area (Å²) in [6, 6.07) is 7.24. The first-order valence-electron chi connectivity index (χ1n) is 8.87. The highest BCUT2D eigenvalue weighted by Gasteiger charge is 2.23. The highest BCUT2D eigenvalue weighted by atomic mass is 15.1. The molecule has 0 radical (unpaired) electrons. The van der Waals surface area contributed by atoms with E-state index in [0.717, 1.165) is 5.92 Å². The Morgan fingerprint density at radius 2 is 1.81 bits per heavy atom. The summed E-state index contributed by atoms with van der Waals surface area (Å²) in [6.45, 7) is 11.0. The summed E-state index contributed by atoms with van der Waals surface area (Å²) < 4.78 is 0. The first-order valence-corrected chi connectivity index (χ1v) is 8.87. The Balaban J connectivity index is 1.68. The quantitative estimate of drug-likeness (QED) is 0.769. The number of hydrogen-bond donors (Lipinski definition) is 0. The lowest BCUT2D eigenvalue weighted by molar-refractivity contribution is 0.187. The van der Waals surface area contributed by atoms with E-state index in [2.05, 4.69) is 43.9 Å². The predicted octanol–water partition coefficient (Wildman–Crippen LogP) is 4.57. The molecule has 1 aromatic carbocycles. The summed E-state index contributed by atoms with van der Waals surface area (Å²) in [5.74, 6) is 0.880. The topological polar surface area (TPSA) is 3.24 Å².